The molecule has 14 heavy (non-hydrogen) atoms. The molecule has 0 aliphatic rings. The summed E-state index contributed by atoms with van der Waals surface area (Å²) in [6.07, 6.45) is 3.98. The van der Waals surface area contributed by atoms with Gasteiger partial charge in [0.25, 0.3) is 0 Å². The molecular formula is C11H25NOS. The molecule has 0 aromatic heterocycles. The Balaban J connectivity index is 3.70. The van der Waals surface area contributed by atoms with E-state index in [1.807, 2.05) is 0 Å². The molecule has 1 N–H and O–H groups in total. The molecule has 0 saturated carbocycles. The van der Waals surface area contributed by atoms with Crippen molar-refractivity contribution in [3.8, 4) is 0 Å². The fraction of sp³-hybridized carbons (Fsp3) is 1.00. The SMILES string of the molecule is CCC(C)C(C)NC(C)CCS(C)=O. The highest BCUT2D eigenvalue weighted by Gasteiger charge is 2.12. The van der Waals surface area contributed by atoms with Crippen LogP contribution >= 0.6 is 0 Å². The smallest absolute Gasteiger partial charge is 0.0246 e. The van der Waals surface area contributed by atoms with Crippen LogP contribution in [-0.2, 0) is 10.8 Å². The molecule has 0 aliphatic heterocycles. The molecule has 86 valence electrons. The maximum Gasteiger partial charge on any atom is 0.0246 e. The van der Waals surface area contributed by atoms with Gasteiger partial charge < -0.3 is 5.32 Å². The second-order valence-electron chi connectivity index (χ2n) is 4.31. The Morgan fingerprint density at radius 2 is 1.86 bits per heavy atom. The van der Waals surface area contributed by atoms with Gasteiger partial charge in [-0.05, 0) is 26.2 Å². The predicted octanol–water partition coefficient (Wildman–Crippen LogP) is 2.17. The minimum absolute atomic E-state index is 0.475. The molecule has 0 spiro atoms. The van der Waals surface area contributed by atoms with Gasteiger partial charge in [-0.25, -0.2) is 0 Å². The van der Waals surface area contributed by atoms with E-state index in [2.05, 4.69) is 33.0 Å². The summed E-state index contributed by atoms with van der Waals surface area (Å²) in [6, 6.07) is 1.03. The first-order chi connectivity index (χ1) is 6.47. The van der Waals surface area contributed by atoms with Crippen molar-refractivity contribution < 1.29 is 4.21 Å². The molecule has 0 aliphatic carbocycles. The summed E-state index contributed by atoms with van der Waals surface area (Å²) in [7, 11) is -0.653. The van der Waals surface area contributed by atoms with Gasteiger partial charge in [0.2, 0.25) is 0 Å². The average Bonchev–Trinajstić information content (AvgIpc) is 2.13. The van der Waals surface area contributed by atoms with Crippen LogP contribution in [0.2, 0.25) is 0 Å². The summed E-state index contributed by atoms with van der Waals surface area (Å²) >= 11 is 0. The monoisotopic (exact) mass is 219 g/mol. The zero-order chi connectivity index (χ0) is 11.1. The summed E-state index contributed by atoms with van der Waals surface area (Å²) in [6.45, 7) is 8.89. The largest absolute Gasteiger partial charge is 0.311 e. The fourth-order valence-corrected chi connectivity index (χ4v) is 2.08. The van der Waals surface area contributed by atoms with E-state index in [1.165, 1.54) is 6.42 Å². The minimum atomic E-state index is -0.653. The van der Waals surface area contributed by atoms with Crippen molar-refractivity contribution in [3.05, 3.63) is 0 Å². The molecule has 4 unspecified atom stereocenters. The van der Waals surface area contributed by atoms with Crippen molar-refractivity contribution in [1.29, 1.82) is 0 Å². The summed E-state index contributed by atoms with van der Waals surface area (Å²) in [5.41, 5.74) is 0. The van der Waals surface area contributed by atoms with E-state index in [4.69, 9.17) is 0 Å². The second-order valence-corrected chi connectivity index (χ2v) is 5.86. The van der Waals surface area contributed by atoms with Gasteiger partial charge in [0.05, 0.1) is 0 Å². The van der Waals surface area contributed by atoms with E-state index in [9.17, 15) is 4.21 Å². The standard InChI is InChI=1S/C11H25NOS/c1-6-9(2)11(4)12-10(3)7-8-14(5)13/h9-12H,6-8H2,1-5H3. The predicted molar refractivity (Wildman–Crippen MR) is 65.1 cm³/mol. The van der Waals surface area contributed by atoms with Crippen LogP contribution in [0.4, 0.5) is 0 Å². The molecule has 0 fully saturated rings. The van der Waals surface area contributed by atoms with Crippen LogP contribution in [0.3, 0.4) is 0 Å². The van der Waals surface area contributed by atoms with Gasteiger partial charge in [-0.15, -0.1) is 0 Å². The van der Waals surface area contributed by atoms with E-state index >= 15 is 0 Å². The third-order valence-corrected chi connectivity index (χ3v) is 3.69. The lowest BCUT2D eigenvalue weighted by Crippen LogP contribution is -2.39. The molecule has 0 radical (unpaired) electrons. The Kier molecular flexibility index (Phi) is 7.47. The van der Waals surface area contributed by atoms with Crippen molar-refractivity contribution in [1.82, 2.24) is 5.32 Å². The van der Waals surface area contributed by atoms with Crippen molar-refractivity contribution in [2.24, 2.45) is 5.92 Å². The Morgan fingerprint density at radius 1 is 1.29 bits per heavy atom. The van der Waals surface area contributed by atoms with Gasteiger partial charge >= 0.3 is 0 Å². The van der Waals surface area contributed by atoms with Gasteiger partial charge in [0.15, 0.2) is 0 Å². The highest BCUT2D eigenvalue weighted by Crippen LogP contribution is 2.08. The van der Waals surface area contributed by atoms with E-state index in [0.717, 1.165) is 12.2 Å². The van der Waals surface area contributed by atoms with Gasteiger partial charge in [0.1, 0.15) is 0 Å². The first-order valence-corrected chi connectivity index (χ1v) is 7.26. The first kappa shape index (κ1) is 14.1. The zero-order valence-corrected chi connectivity index (χ0v) is 11.0. The van der Waals surface area contributed by atoms with Crippen LogP contribution in [0.5, 0.6) is 0 Å². The summed E-state index contributed by atoms with van der Waals surface area (Å²) in [4.78, 5) is 0. The third-order valence-electron chi connectivity index (χ3n) is 2.88. The molecule has 0 heterocycles. The Bertz CT molecular complexity index is 173. The average molecular weight is 219 g/mol. The Morgan fingerprint density at radius 3 is 2.29 bits per heavy atom. The molecule has 4 atom stereocenters. The Hall–Kier alpha value is 0.110. The quantitative estimate of drug-likeness (QED) is 0.711. The third kappa shape index (κ3) is 6.55. The van der Waals surface area contributed by atoms with E-state index < -0.39 is 10.8 Å². The minimum Gasteiger partial charge on any atom is -0.311 e. The van der Waals surface area contributed by atoms with Gasteiger partial charge in [-0.1, -0.05) is 20.3 Å². The van der Waals surface area contributed by atoms with Gasteiger partial charge in [0, 0.05) is 34.9 Å². The van der Waals surface area contributed by atoms with Gasteiger partial charge in [-0.3, -0.25) is 4.21 Å². The van der Waals surface area contributed by atoms with Crippen LogP contribution < -0.4 is 5.32 Å². The fourth-order valence-electron chi connectivity index (χ4n) is 1.39. The van der Waals surface area contributed by atoms with Crippen LogP contribution in [0.1, 0.15) is 40.5 Å². The van der Waals surface area contributed by atoms with E-state index in [1.54, 1.807) is 6.26 Å². The van der Waals surface area contributed by atoms with Gasteiger partial charge in [-0.2, -0.15) is 0 Å². The molecule has 0 amide bonds. The number of hydrogen-bond donors (Lipinski definition) is 1. The number of rotatable bonds is 7. The Labute approximate surface area is 91.3 Å². The lowest BCUT2D eigenvalue weighted by molar-refractivity contribution is 0.353. The molecule has 0 aromatic rings. The topological polar surface area (TPSA) is 29.1 Å². The van der Waals surface area contributed by atoms with Crippen LogP contribution in [-0.4, -0.2) is 28.3 Å². The zero-order valence-electron chi connectivity index (χ0n) is 10.2. The molecule has 0 rings (SSSR count). The molecule has 0 saturated heterocycles. The molecule has 0 aromatic carbocycles. The highest BCUT2D eigenvalue weighted by molar-refractivity contribution is 7.84. The number of nitrogens with one attached hydrogen (secondary N) is 1. The van der Waals surface area contributed by atoms with Crippen molar-refractivity contribution in [3.63, 3.8) is 0 Å². The van der Waals surface area contributed by atoms with Crippen LogP contribution in [0.25, 0.3) is 0 Å². The number of hydrogen-bond acceptors (Lipinski definition) is 2. The summed E-state index contributed by atoms with van der Waals surface area (Å²) < 4.78 is 10.9. The molecule has 0 bridgehead atoms. The van der Waals surface area contributed by atoms with Crippen molar-refractivity contribution >= 4 is 10.8 Å². The first-order valence-electron chi connectivity index (χ1n) is 5.53. The maximum absolute atomic E-state index is 10.9. The van der Waals surface area contributed by atoms with Crippen molar-refractivity contribution in [2.45, 2.75) is 52.6 Å². The lowest BCUT2D eigenvalue weighted by atomic mass is 10.00. The van der Waals surface area contributed by atoms with Crippen LogP contribution in [0.15, 0.2) is 0 Å². The summed E-state index contributed by atoms with van der Waals surface area (Å²) in [5.74, 6) is 1.52. The maximum atomic E-state index is 10.9. The van der Waals surface area contributed by atoms with Crippen LogP contribution in [0, 0.1) is 5.92 Å². The summed E-state index contributed by atoms with van der Waals surface area (Å²) in [5, 5.41) is 3.55. The molecule has 3 heteroatoms. The van der Waals surface area contributed by atoms with E-state index in [0.29, 0.717) is 18.0 Å². The molecule has 2 nitrogen and oxygen atoms in total. The molecular weight excluding hydrogens is 194 g/mol. The lowest BCUT2D eigenvalue weighted by Gasteiger charge is -2.24. The van der Waals surface area contributed by atoms with E-state index in [-0.39, 0.29) is 0 Å². The second kappa shape index (κ2) is 7.41. The van der Waals surface area contributed by atoms with Crippen molar-refractivity contribution in [2.75, 3.05) is 12.0 Å². The highest BCUT2D eigenvalue weighted by atomic mass is 32.2. The normalized spacial score (nSPS) is 20.1.